The number of benzene rings is 2. The van der Waals surface area contributed by atoms with E-state index in [2.05, 4.69) is 15.3 Å². The van der Waals surface area contributed by atoms with E-state index in [0.717, 1.165) is 22.0 Å². The van der Waals surface area contributed by atoms with Gasteiger partial charge in [-0.1, -0.05) is 42.0 Å². The quantitative estimate of drug-likeness (QED) is 0.561. The van der Waals surface area contributed by atoms with Gasteiger partial charge in [-0.25, -0.2) is 4.98 Å². The third-order valence-electron chi connectivity index (χ3n) is 4.98. The van der Waals surface area contributed by atoms with Crippen molar-refractivity contribution in [3.63, 3.8) is 0 Å². The van der Waals surface area contributed by atoms with E-state index in [-0.39, 0.29) is 30.5 Å². The number of fused-ring (bicyclic) bond motifs is 3. The van der Waals surface area contributed by atoms with E-state index in [1.807, 2.05) is 62.4 Å². The fourth-order valence-corrected chi connectivity index (χ4v) is 3.42. The minimum atomic E-state index is -0.164. The average molecular weight is 374 g/mol. The summed E-state index contributed by atoms with van der Waals surface area (Å²) in [5, 5.41) is 3.91. The van der Waals surface area contributed by atoms with Crippen LogP contribution in [0, 0.1) is 6.92 Å². The predicted octanol–water partition coefficient (Wildman–Crippen LogP) is 3.45. The molecule has 28 heavy (non-hydrogen) atoms. The van der Waals surface area contributed by atoms with Gasteiger partial charge in [-0.2, -0.15) is 0 Å². The zero-order chi connectivity index (χ0) is 19.7. The molecule has 0 aliphatic heterocycles. The van der Waals surface area contributed by atoms with Crippen molar-refractivity contribution in [1.29, 1.82) is 0 Å². The van der Waals surface area contributed by atoms with Crippen LogP contribution in [-0.4, -0.2) is 20.4 Å². The predicted molar refractivity (Wildman–Crippen MR) is 110 cm³/mol. The second kappa shape index (κ2) is 7.31. The largest absolute Gasteiger partial charge is 0.350 e. The van der Waals surface area contributed by atoms with Crippen LogP contribution >= 0.6 is 0 Å². The standard InChI is InChI=1S/C22H22N4O2/c1-14-8-9-18-17(12-14)20-21(25-18)22(28)26(13-23-20)11-10-19(27)24-15(2)16-6-4-3-5-7-16/h3-9,12-13,15,25H,10-11H2,1-2H3,(H,24,27). The average Bonchev–Trinajstić information content (AvgIpc) is 3.07. The molecule has 0 saturated heterocycles. The Morgan fingerprint density at radius 1 is 1.21 bits per heavy atom. The molecule has 0 aliphatic rings. The molecule has 0 aliphatic carbocycles. The number of rotatable bonds is 5. The molecule has 4 aromatic rings. The van der Waals surface area contributed by atoms with E-state index in [1.165, 1.54) is 10.9 Å². The maximum atomic E-state index is 12.8. The molecule has 1 unspecified atom stereocenters. The van der Waals surface area contributed by atoms with E-state index in [1.54, 1.807) is 0 Å². The Balaban J connectivity index is 1.50. The highest BCUT2D eigenvalue weighted by Gasteiger charge is 2.13. The van der Waals surface area contributed by atoms with Crippen LogP contribution in [-0.2, 0) is 11.3 Å². The second-order valence-electron chi connectivity index (χ2n) is 7.09. The summed E-state index contributed by atoms with van der Waals surface area (Å²) in [7, 11) is 0. The highest BCUT2D eigenvalue weighted by Crippen LogP contribution is 2.22. The minimum absolute atomic E-state index is 0.0806. The Morgan fingerprint density at radius 2 is 2.00 bits per heavy atom. The minimum Gasteiger partial charge on any atom is -0.350 e. The highest BCUT2D eigenvalue weighted by molar-refractivity contribution is 6.04. The number of hydrogen-bond donors (Lipinski definition) is 2. The summed E-state index contributed by atoms with van der Waals surface area (Å²) in [5.74, 6) is -0.101. The van der Waals surface area contributed by atoms with Crippen LogP contribution in [0.25, 0.3) is 21.9 Å². The van der Waals surface area contributed by atoms with Gasteiger partial charge in [-0.3, -0.25) is 14.2 Å². The Hall–Kier alpha value is -3.41. The van der Waals surface area contributed by atoms with Gasteiger partial charge in [0.15, 0.2) is 0 Å². The molecule has 6 heteroatoms. The molecule has 2 heterocycles. The molecule has 0 radical (unpaired) electrons. The summed E-state index contributed by atoms with van der Waals surface area (Å²) in [6.07, 6.45) is 1.73. The van der Waals surface area contributed by atoms with Gasteiger partial charge in [0, 0.05) is 23.9 Å². The number of carbonyl (C=O) groups is 1. The first-order valence-corrected chi connectivity index (χ1v) is 9.35. The molecule has 6 nitrogen and oxygen atoms in total. The van der Waals surface area contributed by atoms with E-state index in [4.69, 9.17) is 0 Å². The molecule has 4 rings (SSSR count). The molecular weight excluding hydrogens is 352 g/mol. The van der Waals surface area contributed by atoms with Gasteiger partial charge in [0.2, 0.25) is 5.91 Å². The lowest BCUT2D eigenvalue weighted by Gasteiger charge is -2.14. The first-order valence-electron chi connectivity index (χ1n) is 9.35. The summed E-state index contributed by atoms with van der Waals surface area (Å²) < 4.78 is 1.48. The normalized spacial score (nSPS) is 12.4. The van der Waals surface area contributed by atoms with E-state index in [9.17, 15) is 9.59 Å². The molecule has 1 atom stereocenters. The van der Waals surface area contributed by atoms with Crippen molar-refractivity contribution in [3.05, 3.63) is 76.3 Å². The van der Waals surface area contributed by atoms with Crippen LogP contribution in [0.3, 0.4) is 0 Å². The number of amides is 1. The van der Waals surface area contributed by atoms with Crippen LogP contribution in [0.4, 0.5) is 0 Å². The van der Waals surface area contributed by atoms with Crippen LogP contribution in [0.5, 0.6) is 0 Å². The highest BCUT2D eigenvalue weighted by atomic mass is 16.2. The van der Waals surface area contributed by atoms with Gasteiger partial charge < -0.3 is 10.3 Å². The van der Waals surface area contributed by atoms with Crippen LogP contribution < -0.4 is 10.9 Å². The molecule has 142 valence electrons. The number of nitrogens with one attached hydrogen (secondary N) is 2. The molecule has 0 saturated carbocycles. The van der Waals surface area contributed by atoms with E-state index < -0.39 is 0 Å². The fourth-order valence-electron chi connectivity index (χ4n) is 3.42. The Morgan fingerprint density at radius 3 is 2.79 bits per heavy atom. The summed E-state index contributed by atoms with van der Waals surface area (Å²) in [6, 6.07) is 15.7. The van der Waals surface area contributed by atoms with Gasteiger partial charge in [0.25, 0.3) is 5.56 Å². The van der Waals surface area contributed by atoms with Crippen molar-refractivity contribution >= 4 is 27.8 Å². The summed E-state index contributed by atoms with van der Waals surface area (Å²) in [5.41, 5.74) is 4.02. The summed E-state index contributed by atoms with van der Waals surface area (Å²) >= 11 is 0. The second-order valence-corrected chi connectivity index (χ2v) is 7.09. The molecule has 2 aromatic carbocycles. The number of H-pyrrole nitrogens is 1. The number of aryl methyl sites for hydroxylation is 2. The summed E-state index contributed by atoms with van der Waals surface area (Å²) in [4.78, 5) is 32.7. The first-order chi connectivity index (χ1) is 13.5. The van der Waals surface area contributed by atoms with Gasteiger partial charge in [-0.05, 0) is 31.5 Å². The summed E-state index contributed by atoms with van der Waals surface area (Å²) in [6.45, 7) is 4.23. The maximum absolute atomic E-state index is 12.8. The molecule has 0 bridgehead atoms. The molecule has 2 aromatic heterocycles. The van der Waals surface area contributed by atoms with Crippen molar-refractivity contribution in [2.45, 2.75) is 32.9 Å². The number of carbonyl (C=O) groups excluding carboxylic acids is 1. The van der Waals surface area contributed by atoms with Crippen molar-refractivity contribution < 1.29 is 4.79 Å². The zero-order valence-electron chi connectivity index (χ0n) is 15.9. The van der Waals surface area contributed by atoms with Crippen LogP contribution in [0.1, 0.15) is 30.5 Å². The number of hydrogen-bond acceptors (Lipinski definition) is 3. The maximum Gasteiger partial charge on any atom is 0.277 e. The van der Waals surface area contributed by atoms with Crippen LogP contribution in [0.2, 0.25) is 0 Å². The third kappa shape index (κ3) is 3.41. The SMILES string of the molecule is Cc1ccc2[nH]c3c(=O)n(CCC(=O)NC(C)c4ccccc4)cnc3c2c1. The van der Waals surface area contributed by atoms with E-state index >= 15 is 0 Å². The van der Waals surface area contributed by atoms with Crippen LogP contribution in [0.15, 0.2) is 59.7 Å². The Labute approximate surface area is 162 Å². The first kappa shape index (κ1) is 18.0. The van der Waals surface area contributed by atoms with Gasteiger partial charge >= 0.3 is 0 Å². The molecule has 0 spiro atoms. The molecule has 0 fully saturated rings. The smallest absolute Gasteiger partial charge is 0.277 e. The van der Waals surface area contributed by atoms with Crippen molar-refractivity contribution in [2.24, 2.45) is 0 Å². The fraction of sp³-hybridized carbons (Fsp3) is 0.227. The monoisotopic (exact) mass is 374 g/mol. The topological polar surface area (TPSA) is 79.8 Å². The lowest BCUT2D eigenvalue weighted by atomic mass is 10.1. The number of aromatic amines is 1. The van der Waals surface area contributed by atoms with Crippen molar-refractivity contribution in [3.8, 4) is 0 Å². The third-order valence-corrected chi connectivity index (χ3v) is 4.98. The lowest BCUT2D eigenvalue weighted by molar-refractivity contribution is -0.121. The lowest BCUT2D eigenvalue weighted by Crippen LogP contribution is -2.29. The zero-order valence-corrected chi connectivity index (χ0v) is 15.9. The van der Waals surface area contributed by atoms with Gasteiger partial charge in [-0.15, -0.1) is 0 Å². The molecule has 1 amide bonds. The molecular formula is C22H22N4O2. The van der Waals surface area contributed by atoms with Gasteiger partial charge in [0.1, 0.15) is 11.0 Å². The van der Waals surface area contributed by atoms with Crippen molar-refractivity contribution in [2.75, 3.05) is 0 Å². The Bertz CT molecular complexity index is 1210. The number of aromatic nitrogens is 3. The van der Waals surface area contributed by atoms with E-state index in [0.29, 0.717) is 11.0 Å². The van der Waals surface area contributed by atoms with Gasteiger partial charge in [0.05, 0.1) is 12.4 Å². The Kier molecular flexibility index (Phi) is 4.69. The number of nitrogens with zero attached hydrogens (tertiary/aromatic N) is 2. The van der Waals surface area contributed by atoms with Crippen molar-refractivity contribution in [1.82, 2.24) is 19.9 Å². The molecule has 2 N–H and O–H groups in total.